The van der Waals surface area contributed by atoms with Crippen LogP contribution < -0.4 is 5.32 Å². The number of nitrogens with one attached hydrogen (secondary N) is 1. The van der Waals surface area contributed by atoms with Gasteiger partial charge < -0.3 is 14.8 Å². The highest BCUT2D eigenvalue weighted by Gasteiger charge is 2.43. The molecule has 0 spiro atoms. The molecule has 1 N–H and O–H groups in total. The highest BCUT2D eigenvalue weighted by Crippen LogP contribution is 2.34. The minimum Gasteiger partial charge on any atom is -0.466 e. The second-order valence-electron chi connectivity index (χ2n) is 4.02. The summed E-state index contributed by atoms with van der Waals surface area (Å²) in [7, 11) is 1.59. The van der Waals surface area contributed by atoms with Gasteiger partial charge in [-0.15, -0.1) is 0 Å². The van der Waals surface area contributed by atoms with Gasteiger partial charge in [-0.3, -0.25) is 9.59 Å². The maximum Gasteiger partial charge on any atom is 0.312 e. The van der Waals surface area contributed by atoms with Crippen molar-refractivity contribution in [1.82, 2.24) is 5.32 Å². The quantitative estimate of drug-likeness (QED) is 0.696. The van der Waals surface area contributed by atoms with Crippen LogP contribution in [0.4, 0.5) is 0 Å². The first-order valence-electron chi connectivity index (χ1n) is 5.57. The zero-order valence-electron chi connectivity index (χ0n) is 9.88. The molecule has 0 saturated carbocycles. The summed E-state index contributed by atoms with van der Waals surface area (Å²) in [6, 6.07) is 0. The number of ether oxygens (including phenoxy) is 2. The van der Waals surface area contributed by atoms with E-state index in [4.69, 9.17) is 9.47 Å². The Labute approximate surface area is 95.5 Å². The van der Waals surface area contributed by atoms with Crippen molar-refractivity contribution in [2.45, 2.75) is 26.2 Å². The van der Waals surface area contributed by atoms with Crippen LogP contribution in [-0.4, -0.2) is 38.7 Å². The lowest BCUT2D eigenvalue weighted by atomic mass is 9.76. The standard InChI is InChI=1S/C11H19NO4/c1-3-16-10(14)11(5-7-15-2)4-6-12-9(13)8-11/h3-8H2,1-2H3,(H,12,13). The molecule has 16 heavy (non-hydrogen) atoms. The van der Waals surface area contributed by atoms with Crippen molar-refractivity contribution in [2.24, 2.45) is 5.41 Å². The number of methoxy groups -OCH3 is 1. The molecule has 1 atom stereocenters. The van der Waals surface area contributed by atoms with Gasteiger partial charge in [0, 0.05) is 26.7 Å². The molecule has 0 bridgehead atoms. The predicted octanol–water partition coefficient (Wildman–Crippen LogP) is 0.482. The number of piperidine rings is 1. The average Bonchev–Trinajstić information content (AvgIpc) is 2.27. The highest BCUT2D eigenvalue weighted by molar-refractivity contribution is 5.87. The fraction of sp³-hybridized carbons (Fsp3) is 0.818. The van der Waals surface area contributed by atoms with Crippen LogP contribution in [0.15, 0.2) is 0 Å². The van der Waals surface area contributed by atoms with Crippen molar-refractivity contribution in [3.63, 3.8) is 0 Å². The number of rotatable bonds is 5. The first kappa shape index (κ1) is 13.0. The number of carbonyl (C=O) groups is 2. The van der Waals surface area contributed by atoms with Gasteiger partial charge in [0.2, 0.25) is 5.91 Å². The molecule has 1 fully saturated rings. The van der Waals surface area contributed by atoms with Crippen molar-refractivity contribution in [2.75, 3.05) is 26.9 Å². The molecule has 0 aromatic heterocycles. The van der Waals surface area contributed by atoms with Crippen molar-refractivity contribution < 1.29 is 19.1 Å². The summed E-state index contributed by atoms with van der Waals surface area (Å²) >= 11 is 0. The Kier molecular flexibility index (Phi) is 4.73. The Bertz CT molecular complexity index is 267. The van der Waals surface area contributed by atoms with Gasteiger partial charge in [-0.25, -0.2) is 0 Å². The highest BCUT2D eigenvalue weighted by atomic mass is 16.5. The molecule has 1 amide bonds. The molecule has 1 aliphatic rings. The molecule has 1 heterocycles. The van der Waals surface area contributed by atoms with E-state index in [1.807, 2.05) is 0 Å². The number of hydrogen-bond donors (Lipinski definition) is 1. The van der Waals surface area contributed by atoms with Crippen LogP contribution in [0.3, 0.4) is 0 Å². The second kappa shape index (κ2) is 5.84. The van der Waals surface area contributed by atoms with Gasteiger partial charge in [-0.1, -0.05) is 0 Å². The Hall–Kier alpha value is -1.10. The van der Waals surface area contributed by atoms with E-state index in [9.17, 15) is 9.59 Å². The number of hydrogen-bond acceptors (Lipinski definition) is 4. The average molecular weight is 229 g/mol. The van der Waals surface area contributed by atoms with Crippen LogP contribution in [0.5, 0.6) is 0 Å². The Balaban J connectivity index is 2.73. The van der Waals surface area contributed by atoms with Crippen LogP contribution in [0.25, 0.3) is 0 Å². The maximum atomic E-state index is 11.9. The van der Waals surface area contributed by atoms with Crippen LogP contribution in [0.1, 0.15) is 26.2 Å². The van der Waals surface area contributed by atoms with Gasteiger partial charge in [0.15, 0.2) is 0 Å². The van der Waals surface area contributed by atoms with Gasteiger partial charge in [-0.05, 0) is 19.8 Å². The lowest BCUT2D eigenvalue weighted by molar-refractivity contribution is -0.161. The molecule has 1 unspecified atom stereocenters. The molecule has 0 radical (unpaired) electrons. The lowest BCUT2D eigenvalue weighted by Crippen LogP contribution is -2.46. The third-order valence-corrected chi connectivity index (χ3v) is 2.92. The smallest absolute Gasteiger partial charge is 0.312 e. The summed E-state index contributed by atoms with van der Waals surface area (Å²) in [4.78, 5) is 23.3. The van der Waals surface area contributed by atoms with Crippen molar-refractivity contribution >= 4 is 11.9 Å². The molecule has 0 aromatic carbocycles. The first-order chi connectivity index (χ1) is 7.64. The van der Waals surface area contributed by atoms with E-state index in [-0.39, 0.29) is 18.3 Å². The maximum absolute atomic E-state index is 11.9. The van der Waals surface area contributed by atoms with Gasteiger partial charge in [0.05, 0.1) is 12.0 Å². The zero-order valence-corrected chi connectivity index (χ0v) is 9.88. The fourth-order valence-electron chi connectivity index (χ4n) is 1.97. The number of carbonyl (C=O) groups excluding carboxylic acids is 2. The Morgan fingerprint density at radius 1 is 1.56 bits per heavy atom. The molecular weight excluding hydrogens is 210 g/mol. The zero-order chi connectivity index (χ0) is 12.0. The van der Waals surface area contributed by atoms with Crippen molar-refractivity contribution in [1.29, 1.82) is 0 Å². The number of amides is 1. The van der Waals surface area contributed by atoms with E-state index in [0.29, 0.717) is 32.6 Å². The minimum atomic E-state index is -0.686. The minimum absolute atomic E-state index is 0.0876. The molecule has 5 nitrogen and oxygen atoms in total. The molecule has 0 aromatic rings. The van der Waals surface area contributed by atoms with E-state index >= 15 is 0 Å². The monoisotopic (exact) mass is 229 g/mol. The van der Waals surface area contributed by atoms with Crippen LogP contribution in [-0.2, 0) is 19.1 Å². The summed E-state index contributed by atoms with van der Waals surface area (Å²) in [5.74, 6) is -0.364. The summed E-state index contributed by atoms with van der Waals surface area (Å²) < 4.78 is 10.0. The van der Waals surface area contributed by atoms with Crippen molar-refractivity contribution in [3.8, 4) is 0 Å². The number of esters is 1. The molecular formula is C11H19NO4. The molecule has 92 valence electrons. The van der Waals surface area contributed by atoms with E-state index in [1.54, 1.807) is 14.0 Å². The summed E-state index contributed by atoms with van der Waals surface area (Å²) in [6.07, 6.45) is 1.37. The molecule has 1 aliphatic heterocycles. The Morgan fingerprint density at radius 3 is 2.88 bits per heavy atom. The van der Waals surface area contributed by atoms with E-state index < -0.39 is 5.41 Å². The van der Waals surface area contributed by atoms with Gasteiger partial charge in [0.25, 0.3) is 0 Å². The normalized spacial score (nSPS) is 25.0. The summed E-state index contributed by atoms with van der Waals surface area (Å²) in [6.45, 7) is 3.10. The summed E-state index contributed by atoms with van der Waals surface area (Å²) in [5.41, 5.74) is -0.686. The van der Waals surface area contributed by atoms with E-state index in [1.165, 1.54) is 0 Å². The first-order valence-corrected chi connectivity index (χ1v) is 5.57. The topological polar surface area (TPSA) is 64.6 Å². The van der Waals surface area contributed by atoms with Crippen LogP contribution in [0, 0.1) is 5.41 Å². The predicted molar refractivity (Wildman–Crippen MR) is 57.8 cm³/mol. The third kappa shape index (κ3) is 2.95. The fourth-order valence-corrected chi connectivity index (χ4v) is 1.97. The Morgan fingerprint density at radius 2 is 2.31 bits per heavy atom. The lowest BCUT2D eigenvalue weighted by Gasteiger charge is -2.34. The third-order valence-electron chi connectivity index (χ3n) is 2.92. The van der Waals surface area contributed by atoms with Crippen molar-refractivity contribution in [3.05, 3.63) is 0 Å². The van der Waals surface area contributed by atoms with Gasteiger partial charge in [0.1, 0.15) is 0 Å². The van der Waals surface area contributed by atoms with E-state index in [0.717, 1.165) is 0 Å². The molecule has 5 heteroatoms. The van der Waals surface area contributed by atoms with Crippen LogP contribution in [0.2, 0.25) is 0 Å². The molecule has 0 aliphatic carbocycles. The molecule has 1 rings (SSSR count). The SMILES string of the molecule is CCOC(=O)C1(CCOC)CCNC(=O)C1. The van der Waals surface area contributed by atoms with Gasteiger partial charge >= 0.3 is 5.97 Å². The van der Waals surface area contributed by atoms with Gasteiger partial charge in [-0.2, -0.15) is 0 Å². The summed E-state index contributed by atoms with van der Waals surface area (Å²) in [5, 5.41) is 2.72. The van der Waals surface area contributed by atoms with Crippen LogP contribution >= 0.6 is 0 Å². The second-order valence-corrected chi connectivity index (χ2v) is 4.02. The van der Waals surface area contributed by atoms with E-state index in [2.05, 4.69) is 5.32 Å². The molecule has 1 saturated heterocycles. The largest absolute Gasteiger partial charge is 0.466 e.